The van der Waals surface area contributed by atoms with E-state index in [-0.39, 0.29) is 21.7 Å². The van der Waals surface area contributed by atoms with Crippen LogP contribution >= 0.6 is 0 Å². The van der Waals surface area contributed by atoms with E-state index in [4.69, 9.17) is 10.2 Å². The van der Waals surface area contributed by atoms with Crippen LogP contribution in [0.4, 0.5) is 26.3 Å². The number of alkyl halides is 6. The molecule has 220 valence electrons. The molecule has 2 atom stereocenters. The van der Waals surface area contributed by atoms with Crippen molar-refractivity contribution in [3.8, 4) is 0 Å². The molecule has 0 aromatic carbocycles. The van der Waals surface area contributed by atoms with Crippen LogP contribution in [0.3, 0.4) is 0 Å². The van der Waals surface area contributed by atoms with Crippen LogP contribution in [0.5, 0.6) is 0 Å². The maximum Gasteiger partial charge on any atom is 0.398 e. The maximum atomic E-state index is 12.0. The summed E-state index contributed by atoms with van der Waals surface area (Å²) in [7, 11) is 0. The first-order valence-electron chi connectivity index (χ1n) is 10.6. The SMILES string of the molecule is CC(C)(C)O.CC(C)(C)O.CCC(C(=O)CC(=O)[O-])C(F)(F)F.CCC(C(=O)CC(=O)[O-])C(F)(F)F.[Ti]. The van der Waals surface area contributed by atoms with Gasteiger partial charge in [-0.25, -0.2) is 0 Å². The monoisotopic (exact) mass is 590 g/mol. The van der Waals surface area contributed by atoms with Gasteiger partial charge in [-0.3, -0.25) is 9.59 Å². The van der Waals surface area contributed by atoms with Crippen molar-refractivity contribution in [2.75, 3.05) is 0 Å². The molecular formula is C22H36F6O8Ti-2. The molecule has 15 heteroatoms. The number of ketones is 2. The van der Waals surface area contributed by atoms with E-state index in [1.165, 1.54) is 13.8 Å². The fourth-order valence-electron chi connectivity index (χ4n) is 1.81. The summed E-state index contributed by atoms with van der Waals surface area (Å²) in [6.07, 6.45) is -12.6. The normalized spacial score (nSPS) is 13.0. The van der Waals surface area contributed by atoms with Gasteiger partial charge in [0.25, 0.3) is 0 Å². The van der Waals surface area contributed by atoms with Gasteiger partial charge in [0.05, 0.1) is 11.2 Å². The third kappa shape index (κ3) is 39.2. The van der Waals surface area contributed by atoms with Crippen molar-refractivity contribution < 1.29 is 87.7 Å². The number of carbonyl (C=O) groups is 4. The van der Waals surface area contributed by atoms with Gasteiger partial charge in [-0.1, -0.05) is 13.8 Å². The third-order valence-corrected chi connectivity index (χ3v) is 3.02. The number of rotatable bonds is 8. The summed E-state index contributed by atoms with van der Waals surface area (Å²) in [5, 5.41) is 36.8. The van der Waals surface area contributed by atoms with E-state index >= 15 is 0 Å². The van der Waals surface area contributed by atoms with E-state index in [2.05, 4.69) is 0 Å². The quantitative estimate of drug-likeness (QED) is 0.248. The molecule has 0 amide bonds. The number of carbonyl (C=O) groups excluding carboxylic acids is 4. The third-order valence-electron chi connectivity index (χ3n) is 3.02. The summed E-state index contributed by atoms with van der Waals surface area (Å²) in [5.41, 5.74) is -1.00. The zero-order valence-electron chi connectivity index (χ0n) is 22.1. The molecule has 0 spiro atoms. The number of carboxylic acids is 2. The predicted molar refractivity (Wildman–Crippen MR) is 113 cm³/mol. The van der Waals surface area contributed by atoms with Crippen molar-refractivity contribution in [2.24, 2.45) is 11.8 Å². The second-order valence-electron chi connectivity index (χ2n) is 9.38. The topological polar surface area (TPSA) is 155 Å². The van der Waals surface area contributed by atoms with Crippen LogP contribution in [-0.4, -0.2) is 57.3 Å². The molecule has 0 saturated carbocycles. The van der Waals surface area contributed by atoms with Crippen molar-refractivity contribution in [1.82, 2.24) is 0 Å². The Hall–Kier alpha value is -1.51. The van der Waals surface area contributed by atoms with Gasteiger partial charge >= 0.3 is 12.4 Å². The molecule has 37 heavy (non-hydrogen) atoms. The summed E-state index contributed by atoms with van der Waals surface area (Å²) in [5.74, 6) is -10.7. The molecule has 0 heterocycles. The van der Waals surface area contributed by atoms with Gasteiger partial charge in [-0.05, 0) is 54.4 Å². The number of Topliss-reactive ketones (excluding diaryl/α,β-unsaturated/α-hetero) is 2. The number of carboxylic acid groups (broad SMARTS) is 2. The standard InChI is InChI=1S/2C7H9F3O3.2C4H10O.Ti/c2*1-2-4(7(8,9)10)5(11)3-6(12)13;2*1-4(2,3)5;/h2*4H,2-3H2,1H3,(H,12,13);2*5H,1-3H3;/p-2. The van der Waals surface area contributed by atoms with E-state index in [0.717, 1.165) is 0 Å². The number of aliphatic hydroxyl groups is 2. The molecule has 0 aromatic rings. The van der Waals surface area contributed by atoms with Gasteiger partial charge in [0.1, 0.15) is 11.8 Å². The van der Waals surface area contributed by atoms with E-state index in [9.17, 15) is 55.7 Å². The second kappa shape index (κ2) is 19.5. The van der Waals surface area contributed by atoms with E-state index in [1.54, 1.807) is 41.5 Å². The van der Waals surface area contributed by atoms with Crippen molar-refractivity contribution >= 4 is 23.5 Å². The number of halogens is 6. The Kier molecular flexibility index (Phi) is 24.0. The van der Waals surface area contributed by atoms with Crippen molar-refractivity contribution in [2.45, 2.75) is 105 Å². The molecule has 0 aliphatic rings. The van der Waals surface area contributed by atoms with E-state index in [1.807, 2.05) is 0 Å². The molecule has 0 fully saturated rings. The Balaban J connectivity index is -0.000000133. The van der Waals surface area contributed by atoms with Crippen LogP contribution in [0.15, 0.2) is 0 Å². The van der Waals surface area contributed by atoms with Crippen molar-refractivity contribution in [3.05, 3.63) is 0 Å². The minimum Gasteiger partial charge on any atom is -0.550 e. The summed E-state index contributed by atoms with van der Waals surface area (Å²) in [6.45, 7) is 12.8. The second-order valence-corrected chi connectivity index (χ2v) is 9.38. The van der Waals surface area contributed by atoms with Crippen LogP contribution < -0.4 is 10.2 Å². The maximum absolute atomic E-state index is 12.0. The van der Waals surface area contributed by atoms with Crippen molar-refractivity contribution in [3.63, 3.8) is 0 Å². The Morgan fingerprint density at radius 1 is 0.622 bits per heavy atom. The average Bonchev–Trinajstić information content (AvgIpc) is 2.48. The van der Waals surface area contributed by atoms with Gasteiger partial charge in [0, 0.05) is 46.5 Å². The molecule has 0 aromatic heterocycles. The first-order valence-corrected chi connectivity index (χ1v) is 10.6. The first-order chi connectivity index (χ1) is 15.6. The Morgan fingerprint density at radius 3 is 0.865 bits per heavy atom. The first kappa shape index (κ1) is 45.4. The Morgan fingerprint density at radius 2 is 0.784 bits per heavy atom. The van der Waals surface area contributed by atoms with Crippen LogP contribution in [-0.2, 0) is 40.9 Å². The Bertz CT molecular complexity index is 611. The smallest absolute Gasteiger partial charge is 0.398 e. The number of hydrogen-bond acceptors (Lipinski definition) is 8. The summed E-state index contributed by atoms with van der Waals surface area (Å²) >= 11 is 0. The molecule has 0 radical (unpaired) electrons. The Labute approximate surface area is 227 Å². The van der Waals surface area contributed by atoms with Crippen molar-refractivity contribution in [1.29, 1.82) is 0 Å². The molecule has 0 bridgehead atoms. The minimum absolute atomic E-state index is 0. The molecule has 8 nitrogen and oxygen atoms in total. The summed E-state index contributed by atoms with van der Waals surface area (Å²) in [6, 6.07) is 0. The minimum atomic E-state index is -4.67. The van der Waals surface area contributed by atoms with E-state index in [0.29, 0.717) is 0 Å². The molecule has 2 N–H and O–H groups in total. The average molecular weight is 590 g/mol. The molecular weight excluding hydrogens is 554 g/mol. The number of hydrogen-bond donors (Lipinski definition) is 2. The zero-order chi connectivity index (χ0) is 30.3. The van der Waals surface area contributed by atoms with Crippen LogP contribution in [0.2, 0.25) is 0 Å². The predicted octanol–water partition coefficient (Wildman–Crippen LogP) is 2.12. The molecule has 2 unspecified atom stereocenters. The number of aliphatic carboxylic acids is 2. The van der Waals surface area contributed by atoms with Gasteiger partial charge < -0.3 is 30.0 Å². The fourth-order valence-corrected chi connectivity index (χ4v) is 1.81. The van der Waals surface area contributed by atoms with Gasteiger partial charge in [0.15, 0.2) is 11.6 Å². The van der Waals surface area contributed by atoms with Crippen LogP contribution in [0.25, 0.3) is 0 Å². The van der Waals surface area contributed by atoms with Gasteiger partial charge in [0.2, 0.25) is 0 Å². The summed E-state index contributed by atoms with van der Waals surface area (Å²) in [4.78, 5) is 41.1. The van der Waals surface area contributed by atoms with E-state index < -0.39 is 84.6 Å². The molecule has 0 aliphatic heterocycles. The molecule has 0 saturated heterocycles. The van der Waals surface area contributed by atoms with Gasteiger partial charge in [-0.15, -0.1) is 0 Å². The van der Waals surface area contributed by atoms with Gasteiger partial charge in [-0.2, -0.15) is 26.3 Å². The molecule has 0 aliphatic carbocycles. The summed E-state index contributed by atoms with van der Waals surface area (Å²) < 4.78 is 71.9. The zero-order valence-corrected chi connectivity index (χ0v) is 23.7. The largest absolute Gasteiger partial charge is 0.550 e. The van der Waals surface area contributed by atoms with Crippen LogP contribution in [0.1, 0.15) is 81.1 Å². The van der Waals surface area contributed by atoms with Crippen LogP contribution in [0, 0.1) is 11.8 Å². The fraction of sp³-hybridized carbons (Fsp3) is 0.818. The molecule has 0 rings (SSSR count).